The van der Waals surface area contributed by atoms with Gasteiger partial charge >= 0.3 is 5.97 Å². The Kier molecular flexibility index (Phi) is 2.35. The monoisotopic (exact) mass is 221 g/mol. The van der Waals surface area contributed by atoms with Gasteiger partial charge in [0.15, 0.2) is 5.69 Å². The maximum absolute atomic E-state index is 11.5. The van der Waals surface area contributed by atoms with Gasteiger partial charge in [-0.1, -0.05) is 0 Å². The molecule has 2 heterocycles. The zero-order valence-electron chi connectivity index (χ0n) is 8.89. The summed E-state index contributed by atoms with van der Waals surface area (Å²) in [4.78, 5) is 11.5. The first-order valence-electron chi connectivity index (χ1n) is 4.55. The van der Waals surface area contributed by atoms with Gasteiger partial charge in [0.2, 0.25) is 0 Å². The molecule has 0 amide bonds. The summed E-state index contributed by atoms with van der Waals surface area (Å²) in [6.45, 7) is 0. The minimum absolute atomic E-state index is 0.230. The maximum Gasteiger partial charge on any atom is 0.359 e. The van der Waals surface area contributed by atoms with E-state index in [1.807, 2.05) is 0 Å². The molecule has 0 aliphatic heterocycles. The number of nitrogen functional groups attached to an aromatic ring is 1. The van der Waals surface area contributed by atoms with Crippen molar-refractivity contribution in [2.24, 2.45) is 7.05 Å². The van der Waals surface area contributed by atoms with Gasteiger partial charge in [-0.15, -0.1) is 0 Å². The lowest BCUT2D eigenvalue weighted by Gasteiger charge is -1.96. The number of carbonyl (C=O) groups excluding carboxylic acids is 1. The van der Waals surface area contributed by atoms with Crippen LogP contribution in [0.2, 0.25) is 0 Å². The Morgan fingerprint density at radius 3 is 2.94 bits per heavy atom. The first kappa shape index (κ1) is 10.2. The highest BCUT2D eigenvalue weighted by molar-refractivity contribution is 5.94. The Morgan fingerprint density at radius 1 is 1.62 bits per heavy atom. The van der Waals surface area contributed by atoms with Crippen LogP contribution in [-0.4, -0.2) is 33.1 Å². The lowest BCUT2D eigenvalue weighted by Crippen LogP contribution is -2.04. The van der Waals surface area contributed by atoms with Gasteiger partial charge in [0.1, 0.15) is 5.82 Å². The van der Waals surface area contributed by atoms with Crippen molar-refractivity contribution in [1.29, 1.82) is 0 Å². The maximum atomic E-state index is 11.5. The van der Waals surface area contributed by atoms with Crippen LogP contribution in [0.3, 0.4) is 0 Å². The minimum atomic E-state index is -0.497. The molecule has 0 atom stereocenters. The Hall–Kier alpha value is -2.31. The highest BCUT2D eigenvalue weighted by Gasteiger charge is 2.19. The molecule has 2 rings (SSSR count). The third-order valence-corrected chi connectivity index (χ3v) is 2.10. The molecule has 0 bridgehead atoms. The zero-order valence-corrected chi connectivity index (χ0v) is 8.89. The van der Waals surface area contributed by atoms with Gasteiger partial charge in [-0.3, -0.25) is 9.78 Å². The third kappa shape index (κ3) is 1.62. The summed E-state index contributed by atoms with van der Waals surface area (Å²) >= 11 is 0. The molecule has 7 heteroatoms. The molecule has 0 aromatic carbocycles. The van der Waals surface area contributed by atoms with Crippen LogP contribution >= 0.6 is 0 Å². The standard InChI is InChI=1S/C9H11N5O2/c1-14-4-5(6-3-7(10)12-11-6)8(13-14)9(15)16-2/h3-4H,1-2H3,(H3,10,11,12). The van der Waals surface area contributed by atoms with E-state index in [2.05, 4.69) is 20.0 Å². The third-order valence-electron chi connectivity index (χ3n) is 2.10. The van der Waals surface area contributed by atoms with Crippen LogP contribution in [0.5, 0.6) is 0 Å². The summed E-state index contributed by atoms with van der Waals surface area (Å²) in [5, 5.41) is 10.5. The number of rotatable bonds is 2. The summed E-state index contributed by atoms with van der Waals surface area (Å²) in [6.07, 6.45) is 1.69. The molecule has 0 spiro atoms. The molecule has 0 saturated carbocycles. The molecule has 0 aliphatic carbocycles. The second kappa shape index (κ2) is 3.69. The Bertz CT molecular complexity index is 528. The molecule has 3 N–H and O–H groups in total. The first-order valence-corrected chi connectivity index (χ1v) is 4.55. The van der Waals surface area contributed by atoms with E-state index in [1.165, 1.54) is 11.8 Å². The van der Waals surface area contributed by atoms with Gasteiger partial charge in [-0.05, 0) is 0 Å². The summed E-state index contributed by atoms with van der Waals surface area (Å²) in [6, 6.07) is 1.63. The number of esters is 1. The largest absolute Gasteiger partial charge is 0.464 e. The molecule has 2 aromatic heterocycles. The van der Waals surface area contributed by atoms with E-state index < -0.39 is 5.97 Å². The number of nitrogens with two attached hydrogens (primary N) is 1. The normalized spacial score (nSPS) is 10.4. The molecular weight excluding hydrogens is 210 g/mol. The van der Waals surface area contributed by atoms with Crippen molar-refractivity contribution in [3.63, 3.8) is 0 Å². The number of aromatic nitrogens is 4. The molecule has 16 heavy (non-hydrogen) atoms. The number of hydrogen-bond acceptors (Lipinski definition) is 5. The molecule has 0 radical (unpaired) electrons. The fourth-order valence-corrected chi connectivity index (χ4v) is 1.41. The van der Waals surface area contributed by atoms with E-state index in [9.17, 15) is 4.79 Å². The van der Waals surface area contributed by atoms with Gasteiger partial charge in [0, 0.05) is 19.3 Å². The molecule has 2 aromatic rings. The van der Waals surface area contributed by atoms with Crippen LogP contribution < -0.4 is 5.73 Å². The van der Waals surface area contributed by atoms with E-state index in [4.69, 9.17) is 5.73 Å². The van der Waals surface area contributed by atoms with Crippen LogP contribution in [0.4, 0.5) is 5.82 Å². The van der Waals surface area contributed by atoms with Crippen LogP contribution in [0.25, 0.3) is 11.3 Å². The van der Waals surface area contributed by atoms with Crippen molar-refractivity contribution in [2.75, 3.05) is 12.8 Å². The van der Waals surface area contributed by atoms with Crippen molar-refractivity contribution in [1.82, 2.24) is 20.0 Å². The number of nitrogens with zero attached hydrogens (tertiary/aromatic N) is 3. The second-order valence-electron chi connectivity index (χ2n) is 3.26. The first-order chi connectivity index (χ1) is 7.61. The van der Waals surface area contributed by atoms with E-state index in [1.54, 1.807) is 19.3 Å². The number of carbonyl (C=O) groups is 1. The molecule has 84 valence electrons. The van der Waals surface area contributed by atoms with Crippen molar-refractivity contribution < 1.29 is 9.53 Å². The van der Waals surface area contributed by atoms with E-state index in [-0.39, 0.29) is 5.69 Å². The SMILES string of the molecule is COC(=O)c1nn(C)cc1-c1cc(N)n[nH]1. The molecular formula is C9H11N5O2. The fraction of sp³-hybridized carbons (Fsp3) is 0.222. The van der Waals surface area contributed by atoms with Crippen LogP contribution in [0.1, 0.15) is 10.5 Å². The number of H-pyrrole nitrogens is 1. The molecule has 0 saturated heterocycles. The molecule has 0 aliphatic rings. The van der Waals surface area contributed by atoms with Gasteiger partial charge in [-0.2, -0.15) is 10.2 Å². The summed E-state index contributed by atoms with van der Waals surface area (Å²) in [7, 11) is 3.03. The van der Waals surface area contributed by atoms with Gasteiger partial charge < -0.3 is 10.5 Å². The summed E-state index contributed by atoms with van der Waals surface area (Å²) in [5.41, 5.74) is 6.97. The Morgan fingerprint density at radius 2 is 2.38 bits per heavy atom. The second-order valence-corrected chi connectivity index (χ2v) is 3.26. The number of aromatic amines is 1. The highest BCUT2D eigenvalue weighted by atomic mass is 16.5. The van der Waals surface area contributed by atoms with Gasteiger partial charge in [0.25, 0.3) is 0 Å². The smallest absolute Gasteiger partial charge is 0.359 e. The number of aryl methyl sites for hydroxylation is 1. The van der Waals surface area contributed by atoms with Crippen molar-refractivity contribution in [2.45, 2.75) is 0 Å². The van der Waals surface area contributed by atoms with Crippen LogP contribution in [-0.2, 0) is 11.8 Å². The topological polar surface area (TPSA) is 98.8 Å². The molecule has 0 fully saturated rings. The van der Waals surface area contributed by atoms with Gasteiger partial charge in [0.05, 0.1) is 18.4 Å². The molecule has 7 nitrogen and oxygen atoms in total. The zero-order chi connectivity index (χ0) is 11.7. The summed E-state index contributed by atoms with van der Waals surface area (Å²) < 4.78 is 6.16. The van der Waals surface area contributed by atoms with Gasteiger partial charge in [-0.25, -0.2) is 4.79 Å². The van der Waals surface area contributed by atoms with E-state index in [0.717, 1.165) is 0 Å². The lowest BCUT2D eigenvalue weighted by atomic mass is 10.2. The Labute approximate surface area is 91.2 Å². The Balaban J connectivity index is 2.52. The number of ether oxygens (including phenoxy) is 1. The predicted octanol–water partition coefficient (Wildman–Crippen LogP) is 0.179. The number of nitrogens with one attached hydrogen (secondary N) is 1. The minimum Gasteiger partial charge on any atom is -0.464 e. The van der Waals surface area contributed by atoms with Crippen molar-refractivity contribution in [3.05, 3.63) is 18.0 Å². The number of anilines is 1. The van der Waals surface area contributed by atoms with E-state index in [0.29, 0.717) is 17.1 Å². The summed E-state index contributed by atoms with van der Waals surface area (Å²) in [5.74, 6) is -0.140. The van der Waals surface area contributed by atoms with E-state index >= 15 is 0 Å². The van der Waals surface area contributed by atoms with Crippen LogP contribution in [0, 0.1) is 0 Å². The number of methoxy groups -OCH3 is 1. The fourth-order valence-electron chi connectivity index (χ4n) is 1.41. The number of hydrogen-bond donors (Lipinski definition) is 2. The highest BCUT2D eigenvalue weighted by Crippen LogP contribution is 2.22. The average Bonchev–Trinajstić information content (AvgIpc) is 2.83. The molecule has 0 unspecified atom stereocenters. The lowest BCUT2D eigenvalue weighted by molar-refractivity contribution is 0.0594. The quantitative estimate of drug-likeness (QED) is 0.705. The van der Waals surface area contributed by atoms with Crippen molar-refractivity contribution >= 4 is 11.8 Å². The van der Waals surface area contributed by atoms with Crippen LogP contribution in [0.15, 0.2) is 12.3 Å². The average molecular weight is 221 g/mol. The predicted molar refractivity (Wildman–Crippen MR) is 56.5 cm³/mol. The van der Waals surface area contributed by atoms with Crippen molar-refractivity contribution in [3.8, 4) is 11.3 Å².